The number of hydroxylamine groups is 1. The lowest BCUT2D eigenvalue weighted by molar-refractivity contribution is 0.0537. The molecule has 2 aromatic heterocycles. The van der Waals surface area contributed by atoms with Crippen molar-refractivity contribution in [1.29, 1.82) is 0 Å². The van der Waals surface area contributed by atoms with Crippen LogP contribution in [0.4, 0.5) is 11.5 Å². The number of amides is 2. The minimum Gasteiger partial charge on any atom is -0.339 e. The number of benzene rings is 2. The molecule has 2 aromatic carbocycles. The molecule has 2 N–H and O–H groups in total. The molecular formula is C29H32N6O3. The van der Waals surface area contributed by atoms with E-state index in [0.29, 0.717) is 22.9 Å². The van der Waals surface area contributed by atoms with Crippen LogP contribution < -0.4 is 10.8 Å². The number of rotatable bonds is 7. The number of likely N-dealkylation sites (tertiary alicyclic amines) is 1. The normalized spacial score (nSPS) is 14.0. The van der Waals surface area contributed by atoms with Gasteiger partial charge in [0, 0.05) is 30.5 Å². The zero-order chi connectivity index (χ0) is 26.6. The molecule has 1 aliphatic heterocycles. The van der Waals surface area contributed by atoms with Crippen molar-refractivity contribution in [3.05, 3.63) is 88.9 Å². The smallest absolute Gasteiger partial charge is 0.274 e. The molecule has 0 unspecified atom stereocenters. The molecule has 38 heavy (non-hydrogen) atoms. The first-order chi connectivity index (χ1) is 18.4. The highest BCUT2D eigenvalue weighted by Gasteiger charge is 2.27. The van der Waals surface area contributed by atoms with E-state index in [1.807, 2.05) is 30.9 Å². The molecular weight excluding hydrogens is 480 g/mol. The van der Waals surface area contributed by atoms with Crippen LogP contribution in [0.1, 0.15) is 50.2 Å². The molecule has 196 valence electrons. The highest BCUT2D eigenvalue weighted by molar-refractivity contribution is 5.99. The maximum absolute atomic E-state index is 13.5. The number of nitrogens with one attached hydrogen (secondary N) is 2. The fourth-order valence-corrected chi connectivity index (χ4v) is 5.10. The number of fused-ring (bicyclic) bond motifs is 1. The van der Waals surface area contributed by atoms with Gasteiger partial charge in [-0.1, -0.05) is 36.4 Å². The van der Waals surface area contributed by atoms with E-state index < -0.39 is 0 Å². The third kappa shape index (κ3) is 5.24. The van der Waals surface area contributed by atoms with Crippen LogP contribution in [-0.4, -0.2) is 51.5 Å². The monoisotopic (exact) mass is 512 g/mol. The summed E-state index contributed by atoms with van der Waals surface area (Å²) in [6.45, 7) is 5.36. The molecule has 0 atom stereocenters. The summed E-state index contributed by atoms with van der Waals surface area (Å²) in [7, 11) is 1.39. The Labute approximate surface area is 221 Å². The lowest BCUT2D eigenvalue weighted by atomic mass is 9.90. The maximum Gasteiger partial charge on any atom is 0.274 e. The standard InChI is InChI=1S/C29H32N6O3/c1-19-9-10-23(28(36)33-38-3)16-25(19)32-27-26-20(2)24(17-35(26)31-18-30-27)29(37)34-13-11-22(12-14-34)15-21-7-5-4-6-8-21/h4-10,16-18,22H,11-15H2,1-3H3,(H,33,36)(H,30,31,32). The number of carbonyl (C=O) groups is 2. The summed E-state index contributed by atoms with van der Waals surface area (Å²) in [5, 5.41) is 7.69. The van der Waals surface area contributed by atoms with Crippen LogP contribution in [0.25, 0.3) is 5.52 Å². The van der Waals surface area contributed by atoms with Crippen molar-refractivity contribution in [2.75, 3.05) is 25.5 Å². The van der Waals surface area contributed by atoms with E-state index >= 15 is 0 Å². The van der Waals surface area contributed by atoms with Gasteiger partial charge in [-0.15, -0.1) is 0 Å². The summed E-state index contributed by atoms with van der Waals surface area (Å²) in [6.07, 6.45) is 6.27. The van der Waals surface area contributed by atoms with E-state index in [4.69, 9.17) is 4.84 Å². The van der Waals surface area contributed by atoms with E-state index in [-0.39, 0.29) is 11.8 Å². The van der Waals surface area contributed by atoms with Crippen LogP contribution in [0.3, 0.4) is 0 Å². The minimum atomic E-state index is -0.345. The SMILES string of the molecule is CONC(=O)c1ccc(C)c(Nc2ncnn3cc(C(=O)N4CCC(Cc5ccccc5)CC4)c(C)c23)c1. The third-order valence-electron chi connectivity index (χ3n) is 7.27. The van der Waals surface area contributed by atoms with Crippen LogP contribution in [0.5, 0.6) is 0 Å². The summed E-state index contributed by atoms with van der Waals surface area (Å²) >= 11 is 0. The summed E-state index contributed by atoms with van der Waals surface area (Å²) in [4.78, 5) is 36.9. The molecule has 1 fully saturated rings. The fraction of sp³-hybridized carbons (Fsp3) is 0.310. The van der Waals surface area contributed by atoms with Gasteiger partial charge in [0.25, 0.3) is 11.8 Å². The second-order valence-corrected chi connectivity index (χ2v) is 9.78. The van der Waals surface area contributed by atoms with Crippen LogP contribution >= 0.6 is 0 Å². The first-order valence-electron chi connectivity index (χ1n) is 12.8. The molecule has 0 saturated carbocycles. The number of carbonyl (C=O) groups excluding carboxylic acids is 2. The average Bonchev–Trinajstić information content (AvgIpc) is 3.28. The number of piperidine rings is 1. The molecule has 0 radical (unpaired) electrons. The van der Waals surface area contributed by atoms with Crippen LogP contribution in [0.15, 0.2) is 61.1 Å². The van der Waals surface area contributed by atoms with E-state index in [1.54, 1.807) is 22.8 Å². The van der Waals surface area contributed by atoms with Crippen molar-refractivity contribution in [1.82, 2.24) is 25.0 Å². The molecule has 9 heteroatoms. The van der Waals surface area contributed by atoms with Crippen molar-refractivity contribution in [3.8, 4) is 0 Å². The number of aryl methyl sites for hydroxylation is 2. The fourth-order valence-electron chi connectivity index (χ4n) is 5.10. The summed E-state index contributed by atoms with van der Waals surface area (Å²) < 4.78 is 1.69. The number of hydrogen-bond acceptors (Lipinski definition) is 6. The molecule has 0 spiro atoms. The summed E-state index contributed by atoms with van der Waals surface area (Å²) in [6, 6.07) is 15.9. The topological polar surface area (TPSA) is 101 Å². The van der Waals surface area contributed by atoms with E-state index in [1.165, 1.54) is 19.0 Å². The van der Waals surface area contributed by atoms with Gasteiger partial charge in [0.1, 0.15) is 11.8 Å². The Balaban J connectivity index is 1.34. The third-order valence-corrected chi connectivity index (χ3v) is 7.27. The summed E-state index contributed by atoms with van der Waals surface area (Å²) in [5.41, 5.74) is 7.96. The van der Waals surface area contributed by atoms with Gasteiger partial charge in [-0.3, -0.25) is 14.4 Å². The molecule has 9 nitrogen and oxygen atoms in total. The first kappa shape index (κ1) is 25.4. The molecule has 4 aromatic rings. The first-order valence-corrected chi connectivity index (χ1v) is 12.8. The van der Waals surface area contributed by atoms with Gasteiger partial charge >= 0.3 is 0 Å². The van der Waals surface area contributed by atoms with Crippen molar-refractivity contribution < 1.29 is 14.4 Å². The number of hydrogen-bond donors (Lipinski definition) is 2. The maximum atomic E-state index is 13.5. The summed E-state index contributed by atoms with van der Waals surface area (Å²) in [5.74, 6) is 0.821. The van der Waals surface area contributed by atoms with E-state index in [0.717, 1.165) is 54.7 Å². The lowest BCUT2D eigenvalue weighted by Gasteiger charge is -2.32. The van der Waals surface area contributed by atoms with Gasteiger partial charge in [0.2, 0.25) is 0 Å². The van der Waals surface area contributed by atoms with Crippen molar-refractivity contribution >= 4 is 28.8 Å². The van der Waals surface area contributed by atoms with Gasteiger partial charge in [-0.2, -0.15) is 5.10 Å². The van der Waals surface area contributed by atoms with Gasteiger partial charge < -0.3 is 10.2 Å². The molecule has 5 rings (SSSR count). The Kier molecular flexibility index (Phi) is 7.37. The van der Waals surface area contributed by atoms with E-state index in [9.17, 15) is 9.59 Å². The predicted octanol–water partition coefficient (Wildman–Crippen LogP) is 4.48. The highest BCUT2D eigenvalue weighted by atomic mass is 16.6. The van der Waals surface area contributed by atoms with Gasteiger partial charge in [-0.25, -0.2) is 15.0 Å². The predicted molar refractivity (Wildman–Crippen MR) is 145 cm³/mol. The molecule has 2 amide bonds. The minimum absolute atomic E-state index is 0.0199. The van der Waals surface area contributed by atoms with E-state index in [2.05, 4.69) is 45.1 Å². The highest BCUT2D eigenvalue weighted by Crippen LogP contribution is 2.29. The Morgan fingerprint density at radius 2 is 1.84 bits per heavy atom. The quantitative estimate of drug-likeness (QED) is 0.354. The zero-order valence-corrected chi connectivity index (χ0v) is 21.9. The van der Waals surface area contributed by atoms with Crippen molar-refractivity contribution in [2.24, 2.45) is 5.92 Å². The number of anilines is 2. The second kappa shape index (κ2) is 11.0. The van der Waals surface area contributed by atoms with Crippen LogP contribution in [0, 0.1) is 19.8 Å². The number of aromatic nitrogens is 3. The van der Waals surface area contributed by atoms with Crippen molar-refractivity contribution in [2.45, 2.75) is 33.1 Å². The molecule has 3 heterocycles. The van der Waals surface area contributed by atoms with Crippen LogP contribution in [0.2, 0.25) is 0 Å². The second-order valence-electron chi connectivity index (χ2n) is 9.78. The average molecular weight is 513 g/mol. The van der Waals surface area contributed by atoms with Gasteiger partial charge in [0.15, 0.2) is 5.82 Å². The number of nitrogens with zero attached hydrogens (tertiary/aromatic N) is 4. The van der Waals surface area contributed by atoms with Gasteiger partial charge in [0.05, 0.1) is 12.7 Å². The Hall–Kier alpha value is -4.24. The van der Waals surface area contributed by atoms with Crippen molar-refractivity contribution in [3.63, 3.8) is 0 Å². The van der Waals surface area contributed by atoms with Crippen LogP contribution in [-0.2, 0) is 11.3 Å². The Morgan fingerprint density at radius 3 is 2.58 bits per heavy atom. The van der Waals surface area contributed by atoms with Gasteiger partial charge in [-0.05, 0) is 67.9 Å². The molecule has 1 aliphatic rings. The lowest BCUT2D eigenvalue weighted by Crippen LogP contribution is -2.39. The molecule has 0 bridgehead atoms. The Morgan fingerprint density at radius 1 is 1.08 bits per heavy atom. The Bertz CT molecular complexity index is 1460. The molecule has 0 aliphatic carbocycles. The zero-order valence-electron chi connectivity index (χ0n) is 21.9. The molecule has 1 saturated heterocycles. The largest absolute Gasteiger partial charge is 0.339 e.